The van der Waals surface area contributed by atoms with Crippen LogP contribution in [-0.2, 0) is 4.74 Å². The normalized spacial score (nSPS) is 21.7. The maximum atomic E-state index is 11.9. The molecule has 2 heterocycles. The molecule has 5 heteroatoms. The van der Waals surface area contributed by atoms with Crippen molar-refractivity contribution in [2.24, 2.45) is 0 Å². The van der Waals surface area contributed by atoms with Crippen LogP contribution < -0.4 is 0 Å². The maximum Gasteiger partial charge on any atom is 0.257 e. The van der Waals surface area contributed by atoms with Crippen LogP contribution in [0.1, 0.15) is 10.4 Å². The fraction of sp³-hybridized carbons (Fsp3) is 0.500. The summed E-state index contributed by atoms with van der Waals surface area (Å²) in [6.45, 7) is 1.33. The number of carbonyl (C=O) groups excluding carboxylic acids is 1. The van der Waals surface area contributed by atoms with E-state index >= 15 is 0 Å². The van der Waals surface area contributed by atoms with E-state index in [2.05, 4.69) is 0 Å². The van der Waals surface area contributed by atoms with Gasteiger partial charge >= 0.3 is 0 Å². The van der Waals surface area contributed by atoms with E-state index in [1.807, 2.05) is 0 Å². The second-order valence-electron chi connectivity index (χ2n) is 3.42. The van der Waals surface area contributed by atoms with Crippen molar-refractivity contribution < 1.29 is 19.1 Å². The Kier molecular flexibility index (Phi) is 3.03. The van der Waals surface area contributed by atoms with Gasteiger partial charge in [-0.3, -0.25) is 4.79 Å². The highest BCUT2D eigenvalue weighted by molar-refractivity contribution is 5.94. The molecular weight excluding hydrogens is 198 g/mol. The average molecular weight is 211 g/mol. The summed E-state index contributed by atoms with van der Waals surface area (Å²) in [6, 6.07) is 1.37. The second-order valence-corrected chi connectivity index (χ2v) is 3.42. The second kappa shape index (κ2) is 4.46. The molecule has 15 heavy (non-hydrogen) atoms. The Hall–Kier alpha value is -1.33. The van der Waals surface area contributed by atoms with Crippen molar-refractivity contribution in [2.45, 2.75) is 6.04 Å². The third-order valence-electron chi connectivity index (χ3n) is 2.47. The smallest absolute Gasteiger partial charge is 0.257 e. The van der Waals surface area contributed by atoms with Crippen LogP contribution in [0.3, 0.4) is 0 Å². The fourth-order valence-corrected chi connectivity index (χ4v) is 1.63. The van der Waals surface area contributed by atoms with Gasteiger partial charge in [-0.2, -0.15) is 0 Å². The van der Waals surface area contributed by atoms with E-state index in [-0.39, 0.29) is 18.6 Å². The summed E-state index contributed by atoms with van der Waals surface area (Å²) in [5.41, 5.74) is 0.510. The minimum Gasteiger partial charge on any atom is -0.472 e. The standard InChI is InChI=1S/C10H13NO4/c12-5-9-7-15-4-2-11(9)10(13)8-1-3-14-6-8/h1,3,6,9,12H,2,4-5,7H2. The number of ether oxygens (including phenoxy) is 1. The molecule has 1 saturated heterocycles. The lowest BCUT2D eigenvalue weighted by molar-refractivity contribution is -0.0184. The van der Waals surface area contributed by atoms with Crippen molar-refractivity contribution >= 4 is 5.91 Å². The number of rotatable bonds is 2. The molecule has 1 amide bonds. The summed E-state index contributed by atoms with van der Waals surface area (Å²) in [6.07, 6.45) is 2.87. The molecule has 1 aliphatic heterocycles. The van der Waals surface area contributed by atoms with Gasteiger partial charge < -0.3 is 19.2 Å². The van der Waals surface area contributed by atoms with E-state index in [1.54, 1.807) is 11.0 Å². The molecule has 1 fully saturated rings. The summed E-state index contributed by atoms with van der Waals surface area (Å²) < 4.78 is 10.0. The predicted molar refractivity (Wildman–Crippen MR) is 51.4 cm³/mol. The molecule has 0 bridgehead atoms. The Morgan fingerprint density at radius 3 is 3.20 bits per heavy atom. The van der Waals surface area contributed by atoms with Crippen molar-refractivity contribution in [1.82, 2.24) is 4.90 Å². The topological polar surface area (TPSA) is 62.9 Å². The fourth-order valence-electron chi connectivity index (χ4n) is 1.63. The third kappa shape index (κ3) is 2.03. The number of hydrogen-bond donors (Lipinski definition) is 1. The first-order valence-electron chi connectivity index (χ1n) is 4.84. The quantitative estimate of drug-likeness (QED) is 0.754. The van der Waals surface area contributed by atoms with Gasteiger partial charge in [0.25, 0.3) is 5.91 Å². The van der Waals surface area contributed by atoms with Gasteiger partial charge in [-0.15, -0.1) is 0 Å². The number of amides is 1. The van der Waals surface area contributed by atoms with Crippen molar-refractivity contribution in [3.8, 4) is 0 Å². The Morgan fingerprint density at radius 1 is 1.67 bits per heavy atom. The molecule has 0 aliphatic carbocycles. The maximum absolute atomic E-state index is 11.9. The molecule has 0 spiro atoms. The lowest BCUT2D eigenvalue weighted by Gasteiger charge is -2.34. The summed E-state index contributed by atoms with van der Waals surface area (Å²) in [5.74, 6) is -0.119. The molecule has 5 nitrogen and oxygen atoms in total. The Balaban J connectivity index is 2.11. The first kappa shape index (κ1) is 10.2. The van der Waals surface area contributed by atoms with Gasteiger partial charge in [0.2, 0.25) is 0 Å². The van der Waals surface area contributed by atoms with Crippen molar-refractivity contribution in [3.05, 3.63) is 24.2 Å². The highest BCUT2D eigenvalue weighted by atomic mass is 16.5. The van der Waals surface area contributed by atoms with Crippen LogP contribution in [0.2, 0.25) is 0 Å². The molecule has 0 aromatic carbocycles. The first-order chi connectivity index (χ1) is 7.33. The molecule has 82 valence electrons. The monoisotopic (exact) mass is 211 g/mol. The van der Waals surface area contributed by atoms with Crippen molar-refractivity contribution in [2.75, 3.05) is 26.4 Å². The van der Waals surface area contributed by atoms with E-state index in [9.17, 15) is 4.79 Å². The third-order valence-corrected chi connectivity index (χ3v) is 2.47. The van der Waals surface area contributed by atoms with Crippen LogP contribution >= 0.6 is 0 Å². The molecule has 1 aromatic heterocycles. The highest BCUT2D eigenvalue weighted by Gasteiger charge is 2.27. The van der Waals surface area contributed by atoms with Gasteiger partial charge in [-0.25, -0.2) is 0 Å². The average Bonchev–Trinajstić information content (AvgIpc) is 2.81. The lowest BCUT2D eigenvalue weighted by Crippen LogP contribution is -2.50. The molecule has 1 atom stereocenters. The SMILES string of the molecule is O=C(c1ccoc1)N1CCOCC1CO. The van der Waals surface area contributed by atoms with E-state index in [4.69, 9.17) is 14.3 Å². The largest absolute Gasteiger partial charge is 0.472 e. The summed E-state index contributed by atoms with van der Waals surface area (Å²) in [7, 11) is 0. The summed E-state index contributed by atoms with van der Waals surface area (Å²) in [4.78, 5) is 13.5. The minimum atomic E-state index is -0.249. The van der Waals surface area contributed by atoms with Crippen molar-refractivity contribution in [1.29, 1.82) is 0 Å². The molecule has 1 N–H and O–H groups in total. The zero-order valence-corrected chi connectivity index (χ0v) is 8.26. The van der Waals surface area contributed by atoms with Crippen LogP contribution in [0, 0.1) is 0 Å². The van der Waals surface area contributed by atoms with Gasteiger partial charge in [-0.05, 0) is 6.07 Å². The number of aliphatic hydroxyl groups is 1. The molecular formula is C10H13NO4. The molecule has 0 radical (unpaired) electrons. The van der Waals surface area contributed by atoms with Gasteiger partial charge in [0.05, 0.1) is 37.7 Å². The summed E-state index contributed by atoms with van der Waals surface area (Å²) in [5, 5.41) is 9.11. The van der Waals surface area contributed by atoms with Crippen LogP contribution in [0.5, 0.6) is 0 Å². The number of carbonyl (C=O) groups is 1. The number of furan rings is 1. The Morgan fingerprint density at radius 2 is 2.53 bits per heavy atom. The molecule has 1 unspecified atom stereocenters. The first-order valence-corrected chi connectivity index (χ1v) is 4.84. The van der Waals surface area contributed by atoms with Crippen molar-refractivity contribution in [3.63, 3.8) is 0 Å². The van der Waals surface area contributed by atoms with Gasteiger partial charge in [0.15, 0.2) is 0 Å². The van der Waals surface area contributed by atoms with E-state index < -0.39 is 0 Å². The molecule has 1 aromatic rings. The zero-order valence-electron chi connectivity index (χ0n) is 8.26. The summed E-state index contributed by atoms with van der Waals surface area (Å²) >= 11 is 0. The minimum absolute atomic E-state index is 0.0798. The Labute approximate surface area is 87.2 Å². The number of aliphatic hydroxyl groups excluding tert-OH is 1. The number of nitrogens with zero attached hydrogens (tertiary/aromatic N) is 1. The van der Waals surface area contributed by atoms with Gasteiger partial charge in [-0.1, -0.05) is 0 Å². The van der Waals surface area contributed by atoms with Crippen LogP contribution in [0.4, 0.5) is 0 Å². The molecule has 0 saturated carbocycles. The highest BCUT2D eigenvalue weighted by Crippen LogP contribution is 2.12. The molecule has 1 aliphatic rings. The molecule has 2 rings (SSSR count). The van der Waals surface area contributed by atoms with Crippen LogP contribution in [-0.4, -0.2) is 48.3 Å². The van der Waals surface area contributed by atoms with E-state index in [0.29, 0.717) is 25.3 Å². The van der Waals surface area contributed by atoms with Gasteiger partial charge in [0.1, 0.15) is 6.26 Å². The van der Waals surface area contributed by atoms with Gasteiger partial charge in [0, 0.05) is 6.54 Å². The predicted octanol–water partition coefficient (Wildman–Crippen LogP) is 0.113. The zero-order chi connectivity index (χ0) is 10.7. The number of morpholine rings is 1. The number of hydrogen-bond acceptors (Lipinski definition) is 4. The van der Waals surface area contributed by atoms with Crippen LogP contribution in [0.15, 0.2) is 23.0 Å². The van der Waals surface area contributed by atoms with E-state index in [0.717, 1.165) is 0 Å². The van der Waals surface area contributed by atoms with Crippen LogP contribution in [0.25, 0.3) is 0 Å². The lowest BCUT2D eigenvalue weighted by atomic mass is 10.2. The van der Waals surface area contributed by atoms with E-state index in [1.165, 1.54) is 12.5 Å². The Bertz CT molecular complexity index is 322.